The van der Waals surface area contributed by atoms with Crippen LogP contribution in [0.25, 0.3) is 10.8 Å². The summed E-state index contributed by atoms with van der Waals surface area (Å²) < 4.78 is 5.37. The number of aromatic nitrogens is 1. The lowest BCUT2D eigenvalue weighted by molar-refractivity contribution is 0.0642. The topological polar surface area (TPSA) is 80.3 Å². The van der Waals surface area contributed by atoms with E-state index in [9.17, 15) is 9.59 Å². The molecule has 4 rings (SSSR count). The molecule has 0 bridgehead atoms. The summed E-state index contributed by atoms with van der Waals surface area (Å²) >= 11 is 1.75. The Morgan fingerprint density at radius 2 is 1.81 bits per heavy atom. The highest BCUT2D eigenvalue weighted by molar-refractivity contribution is 7.97. The van der Waals surface area contributed by atoms with Crippen LogP contribution in [0.2, 0.25) is 0 Å². The summed E-state index contributed by atoms with van der Waals surface area (Å²) in [5, 5.41) is 7.82. The van der Waals surface area contributed by atoms with E-state index in [1.54, 1.807) is 30.1 Å². The van der Waals surface area contributed by atoms with Gasteiger partial charge in [0.1, 0.15) is 0 Å². The molecule has 6 nitrogen and oxygen atoms in total. The number of fused-ring (bicyclic) bond motifs is 1. The monoisotopic (exact) mass is 449 g/mol. The van der Waals surface area contributed by atoms with E-state index in [0.717, 1.165) is 42.6 Å². The van der Waals surface area contributed by atoms with E-state index >= 15 is 0 Å². The van der Waals surface area contributed by atoms with Crippen LogP contribution in [0.5, 0.6) is 0 Å². The number of rotatable bonds is 7. The quantitative estimate of drug-likeness (QED) is 0.555. The molecule has 1 aliphatic heterocycles. The van der Waals surface area contributed by atoms with Crippen molar-refractivity contribution in [2.75, 3.05) is 31.3 Å². The summed E-state index contributed by atoms with van der Waals surface area (Å²) in [5.74, 6) is 0.735. The Balaban J connectivity index is 1.53. The summed E-state index contributed by atoms with van der Waals surface area (Å²) in [6.45, 7) is 2.04. The van der Waals surface area contributed by atoms with E-state index in [2.05, 4.69) is 21.9 Å². The number of anilines is 1. The highest BCUT2D eigenvalue weighted by Gasteiger charge is 2.20. The van der Waals surface area contributed by atoms with Crippen LogP contribution < -0.4 is 10.6 Å². The lowest BCUT2D eigenvalue weighted by Gasteiger charge is -2.22. The molecule has 0 saturated carbocycles. The zero-order valence-electron chi connectivity index (χ0n) is 18.1. The fraction of sp³-hybridized carbons (Fsp3) is 0.320. The smallest absolute Gasteiger partial charge is 0.272 e. The predicted molar refractivity (Wildman–Crippen MR) is 129 cm³/mol. The van der Waals surface area contributed by atoms with Crippen LogP contribution in [0.1, 0.15) is 39.3 Å². The van der Waals surface area contributed by atoms with Crippen molar-refractivity contribution in [2.45, 2.75) is 18.6 Å². The Hall–Kier alpha value is -2.90. The van der Waals surface area contributed by atoms with Gasteiger partial charge in [0.05, 0.1) is 5.69 Å². The molecule has 2 aromatic carbocycles. The minimum absolute atomic E-state index is 0.219. The molecule has 2 N–H and O–H groups in total. The van der Waals surface area contributed by atoms with Gasteiger partial charge in [0.25, 0.3) is 11.8 Å². The number of carbonyl (C=O) groups excluding carboxylic acids is 2. The summed E-state index contributed by atoms with van der Waals surface area (Å²) in [6, 6.07) is 15.2. The summed E-state index contributed by atoms with van der Waals surface area (Å²) in [5.41, 5.74) is 2.39. The largest absolute Gasteiger partial charge is 0.381 e. The molecule has 32 heavy (non-hydrogen) atoms. The van der Waals surface area contributed by atoms with Gasteiger partial charge in [-0.3, -0.25) is 9.59 Å². The maximum absolute atomic E-state index is 13.2. The molecule has 1 aromatic heterocycles. The van der Waals surface area contributed by atoms with Gasteiger partial charge in [-0.05, 0) is 59.6 Å². The highest BCUT2D eigenvalue weighted by atomic mass is 32.2. The third-order valence-corrected chi connectivity index (χ3v) is 6.32. The number of carbonyl (C=O) groups is 2. The van der Waals surface area contributed by atoms with Crippen molar-refractivity contribution in [2.24, 2.45) is 5.92 Å². The molecule has 3 aromatic rings. The van der Waals surface area contributed by atoms with Gasteiger partial charge in [-0.25, -0.2) is 4.98 Å². The first kappa shape index (κ1) is 22.3. The third kappa shape index (κ3) is 5.11. The van der Waals surface area contributed by atoms with Gasteiger partial charge in [0.15, 0.2) is 5.69 Å². The Kier molecular flexibility index (Phi) is 7.39. The lowest BCUT2D eigenvalue weighted by Crippen LogP contribution is -2.33. The number of thioether (sulfide) groups is 1. The number of ether oxygens (including phenoxy) is 1. The first-order valence-corrected chi connectivity index (χ1v) is 12.2. The van der Waals surface area contributed by atoms with Crippen molar-refractivity contribution in [1.29, 1.82) is 0 Å². The summed E-state index contributed by atoms with van der Waals surface area (Å²) in [7, 11) is 0. The zero-order chi connectivity index (χ0) is 22.3. The van der Waals surface area contributed by atoms with Crippen LogP contribution in [0, 0.1) is 5.92 Å². The molecule has 166 valence electrons. The molecule has 2 heterocycles. The number of hydrogen-bond donors (Lipinski definition) is 2. The van der Waals surface area contributed by atoms with Gasteiger partial charge in [0, 0.05) is 37.3 Å². The Morgan fingerprint density at radius 1 is 1.03 bits per heavy atom. The van der Waals surface area contributed by atoms with Gasteiger partial charge in [-0.15, -0.1) is 0 Å². The van der Waals surface area contributed by atoms with Crippen LogP contribution in [0.4, 0.5) is 5.69 Å². The van der Waals surface area contributed by atoms with Gasteiger partial charge in [-0.1, -0.05) is 30.3 Å². The van der Waals surface area contributed by atoms with Gasteiger partial charge >= 0.3 is 0 Å². The van der Waals surface area contributed by atoms with E-state index in [4.69, 9.17) is 4.74 Å². The van der Waals surface area contributed by atoms with E-state index in [-0.39, 0.29) is 17.5 Å². The standard InChI is InChI=1S/C25H27N3O3S/c1-32-16-18-8-9-21(20-6-3-2-5-19(18)20)24(29)28-22-7-4-12-26-23(22)25(30)27-15-17-10-13-31-14-11-17/h2-9,12,17H,10-11,13-16H2,1H3,(H,27,30)(H,28,29). The lowest BCUT2D eigenvalue weighted by atomic mass is 9.99. The number of nitrogens with zero attached hydrogens (tertiary/aromatic N) is 1. The molecule has 1 aliphatic rings. The molecule has 0 atom stereocenters. The summed E-state index contributed by atoms with van der Waals surface area (Å²) in [6.07, 6.45) is 5.50. The SMILES string of the molecule is CSCc1ccc(C(=O)Nc2cccnc2C(=O)NCC2CCOCC2)c2ccccc12. The minimum atomic E-state index is -0.285. The van der Waals surface area contributed by atoms with E-state index in [1.165, 1.54) is 5.56 Å². The van der Waals surface area contributed by atoms with E-state index in [1.807, 2.05) is 36.4 Å². The van der Waals surface area contributed by atoms with Crippen molar-refractivity contribution in [1.82, 2.24) is 10.3 Å². The van der Waals surface area contributed by atoms with Crippen LogP contribution in [-0.4, -0.2) is 42.8 Å². The van der Waals surface area contributed by atoms with Crippen LogP contribution >= 0.6 is 11.8 Å². The molecular weight excluding hydrogens is 422 g/mol. The molecule has 0 aliphatic carbocycles. The molecule has 0 spiro atoms. The Labute approximate surface area is 192 Å². The third-order valence-electron chi connectivity index (χ3n) is 5.72. The second-order valence-corrected chi connectivity index (χ2v) is 8.74. The molecule has 0 radical (unpaired) electrons. The number of hydrogen-bond acceptors (Lipinski definition) is 5. The average Bonchev–Trinajstić information content (AvgIpc) is 2.84. The minimum Gasteiger partial charge on any atom is -0.381 e. The number of pyridine rings is 1. The Bertz CT molecular complexity index is 1110. The molecule has 1 fully saturated rings. The maximum atomic E-state index is 13.2. The highest BCUT2D eigenvalue weighted by Crippen LogP contribution is 2.26. The zero-order valence-corrected chi connectivity index (χ0v) is 18.9. The number of nitrogens with one attached hydrogen (secondary N) is 2. The average molecular weight is 450 g/mol. The number of amides is 2. The van der Waals surface area contributed by atoms with Gasteiger partial charge in [0.2, 0.25) is 0 Å². The van der Waals surface area contributed by atoms with Crippen LogP contribution in [0.15, 0.2) is 54.7 Å². The second-order valence-electron chi connectivity index (χ2n) is 7.87. The maximum Gasteiger partial charge on any atom is 0.272 e. The first-order valence-electron chi connectivity index (χ1n) is 10.8. The first-order chi connectivity index (χ1) is 15.7. The van der Waals surface area contributed by atoms with E-state index in [0.29, 0.717) is 23.7 Å². The summed E-state index contributed by atoms with van der Waals surface area (Å²) in [4.78, 5) is 30.2. The van der Waals surface area contributed by atoms with Crippen molar-refractivity contribution in [3.05, 3.63) is 71.5 Å². The second kappa shape index (κ2) is 10.6. The van der Waals surface area contributed by atoms with Crippen molar-refractivity contribution in [3.63, 3.8) is 0 Å². The normalized spacial score (nSPS) is 14.3. The van der Waals surface area contributed by atoms with Crippen LogP contribution in [-0.2, 0) is 10.5 Å². The predicted octanol–water partition coefficient (Wildman–Crippen LogP) is 4.51. The fourth-order valence-corrected chi connectivity index (χ4v) is 4.55. The van der Waals surface area contributed by atoms with Crippen molar-refractivity contribution in [3.8, 4) is 0 Å². The molecule has 2 amide bonds. The van der Waals surface area contributed by atoms with Gasteiger partial charge in [-0.2, -0.15) is 11.8 Å². The van der Waals surface area contributed by atoms with Gasteiger partial charge < -0.3 is 15.4 Å². The Morgan fingerprint density at radius 3 is 2.59 bits per heavy atom. The number of benzene rings is 2. The fourth-order valence-electron chi connectivity index (χ4n) is 3.99. The van der Waals surface area contributed by atoms with E-state index < -0.39 is 0 Å². The van der Waals surface area contributed by atoms with Crippen LogP contribution in [0.3, 0.4) is 0 Å². The molecule has 7 heteroatoms. The molecule has 0 unspecified atom stereocenters. The van der Waals surface area contributed by atoms with Crippen molar-refractivity contribution >= 4 is 40.0 Å². The van der Waals surface area contributed by atoms with Crippen molar-refractivity contribution < 1.29 is 14.3 Å². The molecular formula is C25H27N3O3S. The molecule has 1 saturated heterocycles.